The average molecular weight is 361 g/mol. The van der Waals surface area contributed by atoms with Crippen LogP contribution in [0.15, 0.2) is 48.5 Å². The minimum atomic E-state index is -0.109. The van der Waals surface area contributed by atoms with E-state index in [1.165, 1.54) is 11.3 Å². The van der Waals surface area contributed by atoms with Gasteiger partial charge in [-0.05, 0) is 44.5 Å². The van der Waals surface area contributed by atoms with Gasteiger partial charge >= 0.3 is 0 Å². The summed E-state index contributed by atoms with van der Waals surface area (Å²) in [4.78, 5) is 21.4. The molecular formula is C23H27N3O. The third-order valence-electron chi connectivity index (χ3n) is 5.75. The molecule has 27 heavy (non-hydrogen) atoms. The first-order valence-electron chi connectivity index (χ1n) is 9.72. The number of para-hydroxylation sites is 1. The van der Waals surface area contributed by atoms with Gasteiger partial charge in [0.25, 0.3) is 0 Å². The number of aryl methyl sites for hydroxylation is 2. The summed E-state index contributed by atoms with van der Waals surface area (Å²) in [5.74, 6) is 0.218. The predicted molar refractivity (Wildman–Crippen MR) is 112 cm³/mol. The minimum Gasteiger partial charge on any atom is -0.369 e. The van der Waals surface area contributed by atoms with E-state index in [2.05, 4.69) is 64.2 Å². The van der Waals surface area contributed by atoms with E-state index in [-0.39, 0.29) is 11.8 Å². The Hall–Kier alpha value is -2.59. The van der Waals surface area contributed by atoms with E-state index in [1.54, 1.807) is 0 Å². The van der Waals surface area contributed by atoms with Crippen molar-refractivity contribution in [3.63, 3.8) is 0 Å². The van der Waals surface area contributed by atoms with Gasteiger partial charge in [0.1, 0.15) is 0 Å². The van der Waals surface area contributed by atoms with Crippen molar-refractivity contribution in [1.82, 2.24) is 9.88 Å². The second-order valence-corrected chi connectivity index (χ2v) is 7.57. The quantitative estimate of drug-likeness (QED) is 0.709. The summed E-state index contributed by atoms with van der Waals surface area (Å²) in [5.41, 5.74) is 5.34. The first-order chi connectivity index (χ1) is 13.0. The summed E-state index contributed by atoms with van der Waals surface area (Å²) in [6, 6.07) is 16.7. The number of ketones is 1. The number of benzene rings is 2. The van der Waals surface area contributed by atoms with Crippen molar-refractivity contribution in [2.75, 3.05) is 31.1 Å². The lowest BCUT2D eigenvalue weighted by Gasteiger charge is -2.38. The molecular weight excluding hydrogens is 334 g/mol. The molecule has 1 atom stereocenters. The molecule has 1 N–H and O–H groups in total. The van der Waals surface area contributed by atoms with Crippen LogP contribution in [0.4, 0.5) is 5.69 Å². The van der Waals surface area contributed by atoms with Gasteiger partial charge in [-0.25, -0.2) is 0 Å². The summed E-state index contributed by atoms with van der Waals surface area (Å²) in [6.45, 7) is 9.84. The minimum absolute atomic E-state index is 0.109. The van der Waals surface area contributed by atoms with Gasteiger partial charge in [0, 0.05) is 54.0 Å². The maximum atomic E-state index is 13.3. The molecule has 1 aromatic heterocycles. The van der Waals surface area contributed by atoms with Gasteiger partial charge in [-0.2, -0.15) is 0 Å². The molecule has 1 aliphatic rings. The van der Waals surface area contributed by atoms with Crippen LogP contribution in [0, 0.1) is 13.8 Å². The molecule has 1 saturated heterocycles. The number of hydrogen-bond acceptors (Lipinski definition) is 3. The van der Waals surface area contributed by atoms with Crippen LogP contribution in [-0.4, -0.2) is 47.9 Å². The first kappa shape index (κ1) is 17.8. The van der Waals surface area contributed by atoms with Gasteiger partial charge in [-0.15, -0.1) is 0 Å². The number of carbonyl (C=O) groups is 1. The molecule has 1 aliphatic heterocycles. The zero-order valence-corrected chi connectivity index (χ0v) is 16.3. The van der Waals surface area contributed by atoms with Gasteiger partial charge in [0.2, 0.25) is 0 Å². The van der Waals surface area contributed by atoms with Crippen LogP contribution >= 0.6 is 0 Å². The van der Waals surface area contributed by atoms with Gasteiger partial charge in [-0.3, -0.25) is 9.69 Å². The highest BCUT2D eigenvalue weighted by Crippen LogP contribution is 2.26. The SMILES string of the molecule is Cc1ccc2c(C(=O)[C@H](C)N3CCN(c4ccccc4)CC3)c(C)[nH]c2c1. The molecule has 2 aromatic carbocycles. The number of nitrogens with one attached hydrogen (secondary N) is 1. The van der Waals surface area contributed by atoms with Crippen LogP contribution in [0.2, 0.25) is 0 Å². The molecule has 4 nitrogen and oxygen atoms in total. The molecule has 1 fully saturated rings. The lowest BCUT2D eigenvalue weighted by molar-refractivity contribution is 0.0831. The Labute approximate surface area is 160 Å². The van der Waals surface area contributed by atoms with E-state index < -0.39 is 0 Å². The fraction of sp³-hybridized carbons (Fsp3) is 0.348. The number of carbonyl (C=O) groups excluding carboxylic acids is 1. The van der Waals surface area contributed by atoms with Crippen LogP contribution in [-0.2, 0) is 0 Å². The fourth-order valence-corrected chi connectivity index (χ4v) is 4.14. The molecule has 0 unspecified atom stereocenters. The standard InChI is InChI=1S/C23H27N3O/c1-16-9-10-20-21(15-16)24-17(2)22(20)23(27)18(3)25-11-13-26(14-12-25)19-7-5-4-6-8-19/h4-10,15,18,24H,11-14H2,1-3H3/t18-/m0/s1. The Morgan fingerprint density at radius 3 is 2.41 bits per heavy atom. The number of Topliss-reactive ketones (excluding diaryl/α,β-unsaturated/α-hetero) is 1. The topological polar surface area (TPSA) is 39.3 Å². The normalized spacial score (nSPS) is 16.6. The third-order valence-corrected chi connectivity index (χ3v) is 5.75. The monoisotopic (exact) mass is 361 g/mol. The number of piperazine rings is 1. The van der Waals surface area contributed by atoms with Crippen molar-refractivity contribution in [2.45, 2.75) is 26.8 Å². The van der Waals surface area contributed by atoms with Gasteiger partial charge in [0.15, 0.2) is 5.78 Å². The van der Waals surface area contributed by atoms with Crippen molar-refractivity contribution in [2.24, 2.45) is 0 Å². The van der Waals surface area contributed by atoms with E-state index in [9.17, 15) is 4.79 Å². The van der Waals surface area contributed by atoms with Crippen LogP contribution in [0.5, 0.6) is 0 Å². The number of hydrogen-bond donors (Lipinski definition) is 1. The molecule has 4 rings (SSSR count). The Balaban J connectivity index is 1.50. The van der Waals surface area contributed by atoms with E-state index >= 15 is 0 Å². The molecule has 0 amide bonds. The second kappa shape index (κ2) is 7.20. The van der Waals surface area contributed by atoms with E-state index in [0.717, 1.165) is 48.3 Å². The number of aromatic nitrogens is 1. The van der Waals surface area contributed by atoms with Crippen molar-refractivity contribution in [3.05, 3.63) is 65.4 Å². The highest BCUT2D eigenvalue weighted by atomic mass is 16.1. The summed E-state index contributed by atoms with van der Waals surface area (Å²) >= 11 is 0. The van der Waals surface area contributed by atoms with Crippen molar-refractivity contribution in [1.29, 1.82) is 0 Å². The van der Waals surface area contributed by atoms with Crippen LogP contribution in [0.25, 0.3) is 10.9 Å². The summed E-state index contributed by atoms with van der Waals surface area (Å²) in [6.07, 6.45) is 0. The highest BCUT2D eigenvalue weighted by Gasteiger charge is 2.28. The van der Waals surface area contributed by atoms with Gasteiger partial charge in [0.05, 0.1) is 6.04 Å². The number of aromatic amines is 1. The van der Waals surface area contributed by atoms with Crippen LogP contribution in [0.1, 0.15) is 28.5 Å². The number of fused-ring (bicyclic) bond motifs is 1. The van der Waals surface area contributed by atoms with E-state index in [1.807, 2.05) is 19.9 Å². The summed E-state index contributed by atoms with van der Waals surface area (Å²) in [7, 11) is 0. The number of anilines is 1. The van der Waals surface area contributed by atoms with E-state index in [4.69, 9.17) is 0 Å². The van der Waals surface area contributed by atoms with Gasteiger partial charge in [-0.1, -0.05) is 30.3 Å². The largest absolute Gasteiger partial charge is 0.369 e. The Bertz CT molecular complexity index is 952. The number of nitrogens with zero attached hydrogens (tertiary/aromatic N) is 2. The Kier molecular flexibility index (Phi) is 4.75. The van der Waals surface area contributed by atoms with Crippen molar-refractivity contribution >= 4 is 22.4 Å². The second-order valence-electron chi connectivity index (χ2n) is 7.57. The van der Waals surface area contributed by atoms with Crippen LogP contribution in [0.3, 0.4) is 0 Å². The predicted octanol–water partition coefficient (Wildman–Crippen LogP) is 4.18. The fourth-order valence-electron chi connectivity index (χ4n) is 4.14. The lowest BCUT2D eigenvalue weighted by Crippen LogP contribution is -2.51. The van der Waals surface area contributed by atoms with Crippen molar-refractivity contribution < 1.29 is 4.79 Å². The smallest absolute Gasteiger partial charge is 0.182 e. The van der Waals surface area contributed by atoms with Gasteiger partial charge < -0.3 is 9.88 Å². The van der Waals surface area contributed by atoms with Crippen molar-refractivity contribution in [3.8, 4) is 0 Å². The molecule has 3 aromatic rings. The average Bonchev–Trinajstić information content (AvgIpc) is 3.02. The van der Waals surface area contributed by atoms with Crippen LogP contribution < -0.4 is 4.90 Å². The molecule has 0 bridgehead atoms. The Morgan fingerprint density at radius 2 is 1.70 bits per heavy atom. The molecule has 0 radical (unpaired) electrons. The van der Waals surface area contributed by atoms with E-state index in [0.29, 0.717) is 0 Å². The highest BCUT2D eigenvalue weighted by molar-refractivity contribution is 6.11. The molecule has 0 aliphatic carbocycles. The molecule has 0 spiro atoms. The molecule has 2 heterocycles. The maximum absolute atomic E-state index is 13.3. The lowest BCUT2D eigenvalue weighted by atomic mass is 9.99. The maximum Gasteiger partial charge on any atom is 0.182 e. The number of rotatable bonds is 4. The summed E-state index contributed by atoms with van der Waals surface area (Å²) < 4.78 is 0. The summed E-state index contributed by atoms with van der Waals surface area (Å²) in [5, 5.41) is 1.04. The molecule has 4 heteroatoms. The zero-order valence-electron chi connectivity index (χ0n) is 16.3. The third kappa shape index (κ3) is 3.37. The molecule has 140 valence electrons. The zero-order chi connectivity index (χ0) is 19.0. The number of H-pyrrole nitrogens is 1. The molecule has 0 saturated carbocycles. The Morgan fingerprint density at radius 1 is 1.00 bits per heavy atom. The first-order valence-corrected chi connectivity index (χ1v) is 9.72.